The van der Waals surface area contributed by atoms with E-state index < -0.39 is 36.6 Å². The van der Waals surface area contributed by atoms with E-state index in [1.165, 1.54) is 0 Å². The largest absolute Gasteiger partial charge is 0.390 e. The van der Waals surface area contributed by atoms with Gasteiger partial charge in [-0.2, -0.15) is 0 Å². The average Bonchev–Trinajstić information content (AvgIpc) is 2.66. The molecule has 0 aromatic heterocycles. The molecule has 10 unspecified atom stereocenters. The maximum Gasteiger partial charge on any atom is 0.0833 e. The molecule has 6 N–H and O–H groups in total. The second kappa shape index (κ2) is 11.1. The molecule has 0 heterocycles. The lowest BCUT2D eigenvalue weighted by atomic mass is 9.68. The van der Waals surface area contributed by atoms with Gasteiger partial charge >= 0.3 is 0 Å². The van der Waals surface area contributed by atoms with Crippen LogP contribution in [0.25, 0.3) is 0 Å². The lowest BCUT2D eigenvalue weighted by Crippen LogP contribution is -2.53. The third-order valence-electron chi connectivity index (χ3n) is 6.76. The van der Waals surface area contributed by atoms with Crippen LogP contribution < -0.4 is 0 Å². The van der Waals surface area contributed by atoms with E-state index in [0.29, 0.717) is 29.6 Å². The Hall–Kier alpha value is -0.240. The van der Waals surface area contributed by atoms with Crippen LogP contribution in [-0.2, 0) is 0 Å². The zero-order valence-electron chi connectivity index (χ0n) is 17.6. The molecule has 3 aliphatic rings. The van der Waals surface area contributed by atoms with Crippen LogP contribution in [0, 0.1) is 29.6 Å². The summed E-state index contributed by atoms with van der Waals surface area (Å²) in [5, 5.41) is 54.0. The van der Waals surface area contributed by atoms with Gasteiger partial charge in [0.15, 0.2) is 0 Å². The molecular formula is C21H42O6. The molecule has 27 heavy (non-hydrogen) atoms. The molecule has 10 atom stereocenters. The highest BCUT2D eigenvalue weighted by atomic mass is 16.3. The molecule has 3 rings (SSSR count). The Kier molecular flexibility index (Phi) is 10.2. The Labute approximate surface area is 164 Å². The molecule has 162 valence electrons. The summed E-state index contributed by atoms with van der Waals surface area (Å²) in [7, 11) is 0. The minimum atomic E-state index is -0.463. The van der Waals surface area contributed by atoms with E-state index >= 15 is 0 Å². The molecule has 0 aromatic carbocycles. The summed E-state index contributed by atoms with van der Waals surface area (Å²) in [4.78, 5) is 0. The van der Waals surface area contributed by atoms with Crippen LogP contribution >= 0.6 is 0 Å². The standard InChI is InChI=1S/3C7H14O2/c1-4(2)5-3-6(8)7(5)9;1-3-5-4(2)6(8)7(5)9;1-2-3-5-4-6(8)7(5)9/h2*4-9H,3H2,1-2H3;5-9H,2-4H2,1H3. The van der Waals surface area contributed by atoms with Gasteiger partial charge in [-0.05, 0) is 48.9 Å². The monoisotopic (exact) mass is 390 g/mol. The molecule has 0 saturated heterocycles. The second-order valence-electron chi connectivity index (χ2n) is 8.96. The Morgan fingerprint density at radius 2 is 1.33 bits per heavy atom. The van der Waals surface area contributed by atoms with Crippen LogP contribution in [0.15, 0.2) is 0 Å². The first-order valence-corrected chi connectivity index (χ1v) is 10.6. The highest BCUT2D eigenvalue weighted by molar-refractivity contribution is 4.94. The summed E-state index contributed by atoms with van der Waals surface area (Å²) in [5.74, 6) is 1.85. The van der Waals surface area contributed by atoms with Gasteiger partial charge < -0.3 is 30.6 Å². The summed E-state index contributed by atoms with van der Waals surface area (Å²) < 4.78 is 0. The third-order valence-corrected chi connectivity index (χ3v) is 6.76. The van der Waals surface area contributed by atoms with Gasteiger partial charge in [-0.3, -0.25) is 0 Å². The van der Waals surface area contributed by atoms with Gasteiger partial charge in [0, 0.05) is 0 Å². The first kappa shape index (κ1) is 24.8. The molecule has 0 bridgehead atoms. The van der Waals surface area contributed by atoms with Gasteiger partial charge in [-0.15, -0.1) is 0 Å². The fraction of sp³-hybridized carbons (Fsp3) is 1.00. The van der Waals surface area contributed by atoms with Crippen LogP contribution in [0.1, 0.15) is 66.7 Å². The van der Waals surface area contributed by atoms with Crippen molar-refractivity contribution >= 4 is 0 Å². The van der Waals surface area contributed by atoms with Crippen molar-refractivity contribution < 1.29 is 30.6 Å². The number of aliphatic hydroxyl groups is 6. The highest BCUT2D eigenvalue weighted by Gasteiger charge is 2.44. The van der Waals surface area contributed by atoms with Gasteiger partial charge in [-0.1, -0.05) is 47.5 Å². The van der Waals surface area contributed by atoms with Crippen LogP contribution in [0.2, 0.25) is 0 Å². The van der Waals surface area contributed by atoms with Crippen LogP contribution in [0.3, 0.4) is 0 Å². The summed E-state index contributed by atoms with van der Waals surface area (Å²) in [6, 6.07) is 0. The summed E-state index contributed by atoms with van der Waals surface area (Å²) in [5.41, 5.74) is 0. The first-order valence-electron chi connectivity index (χ1n) is 10.6. The number of hydrogen-bond donors (Lipinski definition) is 6. The lowest BCUT2D eigenvalue weighted by molar-refractivity contribution is -0.148. The molecule has 3 aliphatic carbocycles. The third kappa shape index (κ3) is 6.12. The Bertz CT molecular complexity index is 400. The van der Waals surface area contributed by atoms with Crippen molar-refractivity contribution in [1.82, 2.24) is 0 Å². The maximum atomic E-state index is 9.10. The van der Waals surface area contributed by atoms with Crippen molar-refractivity contribution in [1.29, 1.82) is 0 Å². The van der Waals surface area contributed by atoms with E-state index in [1.54, 1.807) is 0 Å². The number of aliphatic hydroxyl groups excluding tert-OH is 6. The average molecular weight is 391 g/mol. The zero-order chi connectivity index (χ0) is 20.9. The van der Waals surface area contributed by atoms with Crippen molar-refractivity contribution in [3.63, 3.8) is 0 Å². The Morgan fingerprint density at radius 3 is 1.56 bits per heavy atom. The van der Waals surface area contributed by atoms with E-state index in [1.807, 2.05) is 13.8 Å². The van der Waals surface area contributed by atoms with Crippen LogP contribution in [0.4, 0.5) is 0 Å². The van der Waals surface area contributed by atoms with Crippen molar-refractivity contribution in [2.75, 3.05) is 0 Å². The van der Waals surface area contributed by atoms with E-state index in [2.05, 4.69) is 20.8 Å². The minimum absolute atomic E-state index is 0.296. The SMILES string of the molecule is CC(C)C1CC(O)C1O.CCC1C(C)C(O)C1O.CCCC1CC(O)C1O. The minimum Gasteiger partial charge on any atom is -0.390 e. The van der Waals surface area contributed by atoms with Gasteiger partial charge in [0.05, 0.1) is 36.6 Å². The predicted octanol–water partition coefficient (Wildman–Crippen LogP) is 1.30. The second-order valence-corrected chi connectivity index (χ2v) is 8.96. The van der Waals surface area contributed by atoms with E-state index in [0.717, 1.165) is 32.1 Å². The first-order chi connectivity index (χ1) is 12.6. The van der Waals surface area contributed by atoms with Gasteiger partial charge in [0.2, 0.25) is 0 Å². The molecule has 3 saturated carbocycles. The molecule has 0 aliphatic heterocycles. The Morgan fingerprint density at radius 1 is 0.778 bits per heavy atom. The molecule has 0 radical (unpaired) electrons. The number of hydrogen-bond acceptors (Lipinski definition) is 6. The molecular weight excluding hydrogens is 348 g/mol. The number of rotatable bonds is 4. The van der Waals surface area contributed by atoms with Gasteiger partial charge in [-0.25, -0.2) is 0 Å². The topological polar surface area (TPSA) is 121 Å². The molecule has 0 aromatic rings. The highest BCUT2D eigenvalue weighted by Crippen LogP contribution is 2.36. The van der Waals surface area contributed by atoms with Crippen molar-refractivity contribution in [3.8, 4) is 0 Å². The lowest BCUT2D eigenvalue weighted by Gasteiger charge is -2.44. The fourth-order valence-corrected chi connectivity index (χ4v) is 4.28. The molecule has 6 heteroatoms. The smallest absolute Gasteiger partial charge is 0.0833 e. The fourth-order valence-electron chi connectivity index (χ4n) is 4.28. The van der Waals surface area contributed by atoms with Crippen molar-refractivity contribution in [2.24, 2.45) is 29.6 Å². The van der Waals surface area contributed by atoms with Crippen molar-refractivity contribution in [2.45, 2.75) is 103 Å². The Balaban J connectivity index is 0.000000202. The molecule has 3 fully saturated rings. The van der Waals surface area contributed by atoms with E-state index in [4.69, 9.17) is 30.6 Å². The molecule has 0 amide bonds. The van der Waals surface area contributed by atoms with Crippen LogP contribution in [-0.4, -0.2) is 67.3 Å². The quantitative estimate of drug-likeness (QED) is 0.430. The zero-order valence-corrected chi connectivity index (χ0v) is 17.6. The van der Waals surface area contributed by atoms with E-state index in [-0.39, 0.29) is 0 Å². The predicted molar refractivity (Wildman–Crippen MR) is 105 cm³/mol. The van der Waals surface area contributed by atoms with Gasteiger partial charge in [0.25, 0.3) is 0 Å². The summed E-state index contributed by atoms with van der Waals surface area (Å²) >= 11 is 0. The van der Waals surface area contributed by atoms with E-state index in [9.17, 15) is 0 Å². The van der Waals surface area contributed by atoms with Gasteiger partial charge in [0.1, 0.15) is 0 Å². The van der Waals surface area contributed by atoms with Crippen molar-refractivity contribution in [3.05, 3.63) is 0 Å². The normalized spacial score (nSPS) is 45.3. The maximum absolute atomic E-state index is 9.10. The molecule has 0 spiro atoms. The summed E-state index contributed by atoms with van der Waals surface area (Å²) in [6.45, 7) is 10.2. The summed E-state index contributed by atoms with van der Waals surface area (Å²) in [6.07, 6.45) is 2.04. The molecule has 6 nitrogen and oxygen atoms in total. The van der Waals surface area contributed by atoms with Crippen LogP contribution in [0.5, 0.6) is 0 Å².